The van der Waals surface area contributed by atoms with Crippen molar-refractivity contribution in [3.8, 4) is 0 Å². The SMILES string of the molecule is CC1CCN(c2ncc(Cl)cc2C(=O)NS(=O)(=O)c2cccc(N)n2)C1(C)C. The molecule has 0 radical (unpaired) electrons. The molecule has 0 aromatic carbocycles. The minimum atomic E-state index is -4.20. The predicted molar refractivity (Wildman–Crippen MR) is 108 cm³/mol. The summed E-state index contributed by atoms with van der Waals surface area (Å²) in [7, 11) is -4.20. The van der Waals surface area contributed by atoms with Gasteiger partial charge in [0, 0.05) is 18.3 Å². The maximum absolute atomic E-state index is 12.9. The first-order valence-electron chi connectivity index (χ1n) is 8.75. The zero-order valence-corrected chi connectivity index (χ0v) is 17.4. The number of nitrogen functional groups attached to an aromatic ring is 1. The van der Waals surface area contributed by atoms with E-state index in [0.29, 0.717) is 18.3 Å². The van der Waals surface area contributed by atoms with Crippen molar-refractivity contribution in [1.82, 2.24) is 14.7 Å². The molecule has 0 saturated carbocycles. The molecule has 3 heterocycles. The number of rotatable bonds is 4. The maximum Gasteiger partial charge on any atom is 0.281 e. The summed E-state index contributed by atoms with van der Waals surface area (Å²) >= 11 is 6.04. The molecular weight excluding hydrogens is 402 g/mol. The van der Waals surface area contributed by atoms with E-state index in [-0.39, 0.29) is 27.0 Å². The van der Waals surface area contributed by atoms with Gasteiger partial charge in [0.05, 0.1) is 10.6 Å². The van der Waals surface area contributed by atoms with Crippen LogP contribution in [0.15, 0.2) is 35.5 Å². The number of hydrogen-bond donors (Lipinski definition) is 2. The number of carbonyl (C=O) groups is 1. The standard InChI is InChI=1S/C18H22ClN5O3S/c1-11-7-8-24(18(11,2)3)16-13(9-12(19)10-21-16)17(25)23-28(26,27)15-6-4-5-14(20)22-15/h4-6,9-11H,7-8H2,1-3H3,(H2,20,22)(H,23,25). The van der Waals surface area contributed by atoms with Crippen LogP contribution < -0.4 is 15.4 Å². The molecule has 1 saturated heterocycles. The van der Waals surface area contributed by atoms with Crippen LogP contribution in [0.2, 0.25) is 5.02 Å². The van der Waals surface area contributed by atoms with Crippen LogP contribution in [0.1, 0.15) is 37.6 Å². The number of pyridine rings is 2. The Balaban J connectivity index is 1.97. The zero-order chi connectivity index (χ0) is 20.7. The third-order valence-corrected chi connectivity index (χ3v) is 6.71. The van der Waals surface area contributed by atoms with E-state index in [1.165, 1.54) is 30.5 Å². The molecule has 2 aromatic heterocycles. The molecule has 1 aliphatic rings. The second-order valence-corrected chi connectivity index (χ2v) is 9.42. The topological polar surface area (TPSA) is 118 Å². The lowest BCUT2D eigenvalue weighted by molar-refractivity contribution is 0.0981. The molecule has 150 valence electrons. The van der Waals surface area contributed by atoms with E-state index in [1.807, 2.05) is 9.62 Å². The molecule has 0 spiro atoms. The highest BCUT2D eigenvalue weighted by molar-refractivity contribution is 7.90. The first kappa shape index (κ1) is 20.3. The van der Waals surface area contributed by atoms with Gasteiger partial charge in [0.15, 0.2) is 5.03 Å². The van der Waals surface area contributed by atoms with E-state index in [4.69, 9.17) is 17.3 Å². The van der Waals surface area contributed by atoms with Crippen molar-refractivity contribution in [2.75, 3.05) is 17.2 Å². The lowest BCUT2D eigenvalue weighted by atomic mass is 9.90. The Labute approximate surface area is 169 Å². The van der Waals surface area contributed by atoms with Gasteiger partial charge in [-0.25, -0.2) is 14.7 Å². The van der Waals surface area contributed by atoms with Gasteiger partial charge >= 0.3 is 0 Å². The van der Waals surface area contributed by atoms with Gasteiger partial charge in [-0.1, -0.05) is 24.6 Å². The Morgan fingerprint density at radius 3 is 2.71 bits per heavy atom. The smallest absolute Gasteiger partial charge is 0.281 e. The van der Waals surface area contributed by atoms with E-state index >= 15 is 0 Å². The first-order chi connectivity index (χ1) is 13.0. The molecule has 3 rings (SSSR count). The fourth-order valence-corrected chi connectivity index (χ4v) is 4.33. The fourth-order valence-electron chi connectivity index (χ4n) is 3.23. The van der Waals surface area contributed by atoms with E-state index in [1.54, 1.807) is 0 Å². The molecule has 3 N–H and O–H groups in total. The van der Waals surface area contributed by atoms with Crippen LogP contribution in [0.3, 0.4) is 0 Å². The number of sulfonamides is 1. The number of nitrogens with one attached hydrogen (secondary N) is 1. The van der Waals surface area contributed by atoms with E-state index in [9.17, 15) is 13.2 Å². The lowest BCUT2D eigenvalue weighted by Crippen LogP contribution is -2.43. The fraction of sp³-hybridized carbons (Fsp3) is 0.389. The largest absolute Gasteiger partial charge is 0.384 e. The summed E-state index contributed by atoms with van der Waals surface area (Å²) in [4.78, 5) is 23.0. The van der Waals surface area contributed by atoms with Gasteiger partial charge in [0.1, 0.15) is 11.6 Å². The van der Waals surface area contributed by atoms with Crippen molar-refractivity contribution in [3.05, 3.63) is 41.0 Å². The van der Waals surface area contributed by atoms with Gasteiger partial charge in [-0.05, 0) is 44.4 Å². The summed E-state index contributed by atoms with van der Waals surface area (Å²) in [6, 6.07) is 5.58. The van der Waals surface area contributed by atoms with E-state index < -0.39 is 15.9 Å². The number of nitrogens with zero attached hydrogens (tertiary/aromatic N) is 3. The second-order valence-electron chi connectivity index (χ2n) is 7.36. The Morgan fingerprint density at radius 1 is 1.39 bits per heavy atom. The molecular formula is C18H22ClN5O3S. The summed E-state index contributed by atoms with van der Waals surface area (Å²) in [5.74, 6) is -0.0223. The molecule has 10 heteroatoms. The van der Waals surface area contributed by atoms with Gasteiger partial charge in [-0.3, -0.25) is 4.79 Å². The lowest BCUT2D eigenvalue weighted by Gasteiger charge is -2.36. The van der Waals surface area contributed by atoms with Gasteiger partial charge < -0.3 is 10.6 Å². The average molecular weight is 424 g/mol. The molecule has 1 aliphatic heterocycles. The molecule has 0 bridgehead atoms. The van der Waals surface area contributed by atoms with Gasteiger partial charge in [0.25, 0.3) is 15.9 Å². The summed E-state index contributed by atoms with van der Waals surface area (Å²) in [5, 5.41) is -0.106. The first-order valence-corrected chi connectivity index (χ1v) is 10.6. The van der Waals surface area contributed by atoms with Crippen LogP contribution in [0.25, 0.3) is 0 Å². The van der Waals surface area contributed by atoms with Crippen molar-refractivity contribution < 1.29 is 13.2 Å². The summed E-state index contributed by atoms with van der Waals surface area (Å²) in [6.45, 7) is 6.96. The predicted octanol–water partition coefficient (Wildman–Crippen LogP) is 2.46. The Bertz CT molecular complexity index is 1030. The number of hydrogen-bond acceptors (Lipinski definition) is 7. The number of anilines is 2. The quantitative estimate of drug-likeness (QED) is 0.775. The van der Waals surface area contributed by atoms with Gasteiger partial charge in [0.2, 0.25) is 0 Å². The van der Waals surface area contributed by atoms with E-state index in [2.05, 4.69) is 30.7 Å². The minimum absolute atomic E-state index is 0.0354. The van der Waals surface area contributed by atoms with Crippen LogP contribution in [0.4, 0.5) is 11.6 Å². The number of amides is 1. The molecule has 1 unspecified atom stereocenters. The summed E-state index contributed by atoms with van der Waals surface area (Å²) < 4.78 is 27.1. The number of aromatic nitrogens is 2. The van der Waals surface area contributed by atoms with Crippen molar-refractivity contribution in [3.63, 3.8) is 0 Å². The van der Waals surface area contributed by atoms with Crippen molar-refractivity contribution in [1.29, 1.82) is 0 Å². The Kier molecular flexibility index (Phi) is 5.24. The molecule has 1 fully saturated rings. The molecule has 1 atom stereocenters. The van der Waals surface area contributed by atoms with Crippen LogP contribution in [0.5, 0.6) is 0 Å². The van der Waals surface area contributed by atoms with Crippen LogP contribution in [-0.4, -0.2) is 36.4 Å². The average Bonchev–Trinajstić information content (AvgIpc) is 2.88. The summed E-state index contributed by atoms with van der Waals surface area (Å²) in [5.41, 5.74) is 5.38. The molecule has 1 amide bonds. The molecule has 0 aliphatic carbocycles. The van der Waals surface area contributed by atoms with E-state index in [0.717, 1.165) is 6.42 Å². The third-order valence-electron chi connectivity index (χ3n) is 5.27. The monoisotopic (exact) mass is 423 g/mol. The number of nitrogens with two attached hydrogens (primary N) is 1. The minimum Gasteiger partial charge on any atom is -0.384 e. The Morgan fingerprint density at radius 2 is 2.11 bits per heavy atom. The molecule has 2 aromatic rings. The van der Waals surface area contributed by atoms with Crippen molar-refractivity contribution >= 4 is 39.2 Å². The molecule has 28 heavy (non-hydrogen) atoms. The highest BCUT2D eigenvalue weighted by atomic mass is 35.5. The van der Waals surface area contributed by atoms with Crippen LogP contribution in [-0.2, 0) is 10.0 Å². The summed E-state index contributed by atoms with van der Waals surface area (Å²) in [6.07, 6.45) is 2.38. The number of carbonyl (C=O) groups excluding carboxylic acids is 1. The highest BCUT2D eigenvalue weighted by Crippen LogP contribution is 2.38. The van der Waals surface area contributed by atoms with Gasteiger partial charge in [-0.2, -0.15) is 8.42 Å². The zero-order valence-electron chi connectivity index (χ0n) is 15.8. The third kappa shape index (κ3) is 3.77. The highest BCUT2D eigenvalue weighted by Gasteiger charge is 2.40. The van der Waals surface area contributed by atoms with Crippen molar-refractivity contribution in [2.45, 2.75) is 37.8 Å². The van der Waals surface area contributed by atoms with Crippen molar-refractivity contribution in [2.24, 2.45) is 5.92 Å². The number of halogens is 1. The normalized spacial score (nSPS) is 18.9. The van der Waals surface area contributed by atoms with Gasteiger partial charge in [-0.15, -0.1) is 0 Å². The second kappa shape index (κ2) is 7.21. The van der Waals surface area contributed by atoms with Crippen LogP contribution in [0, 0.1) is 5.92 Å². The maximum atomic E-state index is 12.9. The van der Waals surface area contributed by atoms with Crippen LogP contribution >= 0.6 is 11.6 Å². The molecule has 8 nitrogen and oxygen atoms in total. The Hall–Kier alpha value is -2.39.